The van der Waals surface area contributed by atoms with E-state index in [4.69, 9.17) is 0 Å². The second kappa shape index (κ2) is 7.81. The highest BCUT2D eigenvalue weighted by atomic mass is 16.6. The summed E-state index contributed by atoms with van der Waals surface area (Å²) in [6.45, 7) is 2.02. The summed E-state index contributed by atoms with van der Waals surface area (Å²) in [5.74, 6) is -0.585. The molecule has 1 N–H and O–H groups in total. The minimum Gasteiger partial charge on any atom is -0.465 e. The number of anilines is 3. The molecule has 1 saturated heterocycles. The SMILES string of the molecule is COC(=O)c1cnc(Nc2cccc(N3CCCCC3)c2)c([N+](=O)[O-])c1. The van der Waals surface area contributed by atoms with E-state index < -0.39 is 10.9 Å². The summed E-state index contributed by atoms with van der Waals surface area (Å²) in [6.07, 6.45) is 4.84. The van der Waals surface area contributed by atoms with Crippen LogP contribution >= 0.6 is 0 Å². The topological polar surface area (TPSA) is 97.6 Å². The molecule has 1 fully saturated rings. The van der Waals surface area contributed by atoms with Gasteiger partial charge in [-0.15, -0.1) is 0 Å². The molecule has 0 amide bonds. The van der Waals surface area contributed by atoms with Gasteiger partial charge in [-0.2, -0.15) is 0 Å². The summed E-state index contributed by atoms with van der Waals surface area (Å²) in [5, 5.41) is 14.3. The molecule has 1 aliphatic heterocycles. The normalized spacial score (nSPS) is 14.0. The Labute approximate surface area is 150 Å². The van der Waals surface area contributed by atoms with Crippen LogP contribution in [-0.2, 0) is 4.74 Å². The first kappa shape index (κ1) is 17.7. The van der Waals surface area contributed by atoms with Gasteiger partial charge in [0.2, 0.25) is 5.82 Å². The van der Waals surface area contributed by atoms with E-state index in [0.29, 0.717) is 5.69 Å². The summed E-state index contributed by atoms with van der Waals surface area (Å²) < 4.78 is 4.58. The van der Waals surface area contributed by atoms with Crippen LogP contribution in [0, 0.1) is 10.1 Å². The van der Waals surface area contributed by atoms with Crippen molar-refractivity contribution in [2.75, 3.05) is 30.4 Å². The highest BCUT2D eigenvalue weighted by molar-refractivity contribution is 5.90. The summed E-state index contributed by atoms with van der Waals surface area (Å²) >= 11 is 0. The number of ether oxygens (including phenoxy) is 1. The number of hydrogen-bond donors (Lipinski definition) is 1. The third-order valence-electron chi connectivity index (χ3n) is 4.32. The number of nitrogens with zero attached hydrogens (tertiary/aromatic N) is 3. The Morgan fingerprint density at radius 1 is 1.27 bits per heavy atom. The molecule has 8 nitrogen and oxygen atoms in total. The number of esters is 1. The number of carbonyl (C=O) groups is 1. The average molecular weight is 356 g/mol. The average Bonchev–Trinajstić information content (AvgIpc) is 2.68. The molecular weight excluding hydrogens is 336 g/mol. The third kappa shape index (κ3) is 3.90. The summed E-state index contributed by atoms with van der Waals surface area (Å²) in [5.41, 5.74) is 1.53. The molecule has 1 aromatic heterocycles. The number of rotatable bonds is 5. The number of pyridine rings is 1. The van der Waals surface area contributed by atoms with Gasteiger partial charge in [-0.05, 0) is 37.5 Å². The van der Waals surface area contributed by atoms with E-state index in [2.05, 4.69) is 19.9 Å². The summed E-state index contributed by atoms with van der Waals surface area (Å²) in [7, 11) is 1.21. The van der Waals surface area contributed by atoms with Crippen LogP contribution in [0.15, 0.2) is 36.5 Å². The van der Waals surface area contributed by atoms with Crippen LogP contribution < -0.4 is 10.2 Å². The van der Waals surface area contributed by atoms with Crippen LogP contribution in [0.25, 0.3) is 0 Å². The largest absolute Gasteiger partial charge is 0.465 e. The van der Waals surface area contributed by atoms with Gasteiger partial charge in [0.15, 0.2) is 0 Å². The Morgan fingerprint density at radius 3 is 2.73 bits per heavy atom. The maximum Gasteiger partial charge on any atom is 0.339 e. The molecule has 0 atom stereocenters. The molecule has 8 heteroatoms. The molecule has 0 radical (unpaired) electrons. The van der Waals surface area contributed by atoms with Gasteiger partial charge in [-0.25, -0.2) is 9.78 Å². The number of nitro groups is 1. The van der Waals surface area contributed by atoms with Gasteiger partial charge in [0, 0.05) is 36.7 Å². The quantitative estimate of drug-likeness (QED) is 0.497. The molecule has 0 unspecified atom stereocenters. The van der Waals surface area contributed by atoms with Gasteiger partial charge in [-0.3, -0.25) is 10.1 Å². The summed E-state index contributed by atoms with van der Waals surface area (Å²) in [4.78, 5) is 28.7. The van der Waals surface area contributed by atoms with E-state index in [1.807, 2.05) is 24.3 Å². The minimum absolute atomic E-state index is 0.0341. The molecule has 0 spiro atoms. The first-order chi connectivity index (χ1) is 12.6. The smallest absolute Gasteiger partial charge is 0.339 e. The first-order valence-electron chi connectivity index (χ1n) is 8.43. The fourth-order valence-electron chi connectivity index (χ4n) is 2.99. The number of piperidine rings is 1. The zero-order chi connectivity index (χ0) is 18.5. The van der Waals surface area contributed by atoms with Crippen molar-refractivity contribution < 1.29 is 14.5 Å². The Bertz CT molecular complexity index is 819. The standard InChI is InChI=1S/C18H20N4O4/c1-26-18(23)13-10-16(22(24)25)17(19-12-13)20-14-6-5-7-15(11-14)21-8-3-2-4-9-21/h5-7,10-12H,2-4,8-9H2,1H3,(H,19,20). The highest BCUT2D eigenvalue weighted by Gasteiger charge is 2.20. The zero-order valence-corrected chi connectivity index (χ0v) is 14.5. The lowest BCUT2D eigenvalue weighted by Gasteiger charge is -2.29. The van der Waals surface area contributed by atoms with E-state index in [-0.39, 0.29) is 17.1 Å². The Kier molecular flexibility index (Phi) is 5.31. The Balaban J connectivity index is 1.86. The van der Waals surface area contributed by atoms with Gasteiger partial charge < -0.3 is 15.0 Å². The molecule has 0 saturated carbocycles. The van der Waals surface area contributed by atoms with Crippen LogP contribution in [0.2, 0.25) is 0 Å². The molecule has 136 valence electrons. The lowest BCUT2D eigenvalue weighted by Crippen LogP contribution is -2.29. The Hall–Kier alpha value is -3.16. The highest BCUT2D eigenvalue weighted by Crippen LogP contribution is 2.29. The second-order valence-corrected chi connectivity index (χ2v) is 6.06. The maximum atomic E-state index is 11.6. The molecule has 3 rings (SSSR count). The number of carbonyl (C=O) groups excluding carboxylic acids is 1. The van der Waals surface area contributed by atoms with Gasteiger partial charge >= 0.3 is 11.7 Å². The Morgan fingerprint density at radius 2 is 2.04 bits per heavy atom. The van der Waals surface area contributed by atoms with Crippen molar-refractivity contribution >= 4 is 28.8 Å². The predicted octanol–water partition coefficient (Wildman–Crippen LogP) is 3.51. The number of hydrogen-bond acceptors (Lipinski definition) is 7. The van der Waals surface area contributed by atoms with Crippen LogP contribution in [0.5, 0.6) is 0 Å². The molecule has 1 aliphatic rings. The molecule has 26 heavy (non-hydrogen) atoms. The number of aromatic nitrogens is 1. The minimum atomic E-state index is -0.667. The van der Waals surface area contributed by atoms with Crippen molar-refractivity contribution in [2.45, 2.75) is 19.3 Å². The molecule has 2 heterocycles. The molecule has 0 aliphatic carbocycles. The van der Waals surface area contributed by atoms with Gasteiger partial charge in [0.25, 0.3) is 0 Å². The lowest BCUT2D eigenvalue weighted by atomic mass is 10.1. The summed E-state index contributed by atoms with van der Waals surface area (Å²) in [6, 6.07) is 8.87. The molecule has 2 aromatic rings. The van der Waals surface area contributed by atoms with Crippen molar-refractivity contribution in [3.05, 3.63) is 52.2 Å². The molecule has 0 bridgehead atoms. The number of nitrogens with one attached hydrogen (secondary N) is 1. The van der Waals surface area contributed by atoms with Crippen LogP contribution in [0.1, 0.15) is 29.6 Å². The van der Waals surface area contributed by atoms with E-state index >= 15 is 0 Å². The van der Waals surface area contributed by atoms with E-state index in [1.165, 1.54) is 32.6 Å². The third-order valence-corrected chi connectivity index (χ3v) is 4.32. The van der Waals surface area contributed by atoms with Gasteiger partial charge in [-0.1, -0.05) is 6.07 Å². The second-order valence-electron chi connectivity index (χ2n) is 6.06. The van der Waals surface area contributed by atoms with Crippen molar-refractivity contribution in [3.63, 3.8) is 0 Å². The van der Waals surface area contributed by atoms with E-state index in [1.54, 1.807) is 0 Å². The lowest BCUT2D eigenvalue weighted by molar-refractivity contribution is -0.384. The first-order valence-corrected chi connectivity index (χ1v) is 8.43. The predicted molar refractivity (Wildman–Crippen MR) is 98.0 cm³/mol. The molecule has 1 aromatic carbocycles. The van der Waals surface area contributed by atoms with Crippen molar-refractivity contribution in [1.29, 1.82) is 0 Å². The fourth-order valence-corrected chi connectivity index (χ4v) is 2.99. The van der Waals surface area contributed by atoms with Crippen molar-refractivity contribution in [1.82, 2.24) is 4.98 Å². The number of benzene rings is 1. The number of methoxy groups -OCH3 is 1. The fraction of sp³-hybridized carbons (Fsp3) is 0.333. The van der Waals surface area contributed by atoms with Crippen LogP contribution in [-0.4, -0.2) is 36.1 Å². The zero-order valence-electron chi connectivity index (χ0n) is 14.5. The monoisotopic (exact) mass is 356 g/mol. The molecular formula is C18H20N4O4. The van der Waals surface area contributed by atoms with Crippen LogP contribution in [0.3, 0.4) is 0 Å². The maximum absolute atomic E-state index is 11.6. The van der Waals surface area contributed by atoms with Gasteiger partial charge in [0.1, 0.15) is 0 Å². The van der Waals surface area contributed by atoms with Crippen molar-refractivity contribution in [3.8, 4) is 0 Å². The van der Waals surface area contributed by atoms with Crippen molar-refractivity contribution in [2.24, 2.45) is 0 Å². The van der Waals surface area contributed by atoms with Crippen LogP contribution in [0.4, 0.5) is 22.9 Å². The van der Waals surface area contributed by atoms with E-state index in [9.17, 15) is 14.9 Å². The van der Waals surface area contributed by atoms with E-state index in [0.717, 1.165) is 24.8 Å². The van der Waals surface area contributed by atoms with Gasteiger partial charge in [0.05, 0.1) is 17.6 Å².